The molecule has 130 heavy (non-hydrogen) atoms. The summed E-state index contributed by atoms with van der Waals surface area (Å²) in [4.78, 5) is 302. The summed E-state index contributed by atoms with van der Waals surface area (Å²) in [5, 5.41) is 88.5. The first-order valence-corrected chi connectivity index (χ1v) is 44.6. The number of Topliss-reactive ketones (excluding diaryl/α,β-unsaturated/α-hetero) is 6. The Hall–Kier alpha value is -12.2. The van der Waals surface area contributed by atoms with Gasteiger partial charge in [-0.1, -0.05) is 27.7 Å². The molecule has 0 bridgehead atoms. The van der Waals surface area contributed by atoms with Gasteiger partial charge in [0, 0.05) is 170 Å². The first-order chi connectivity index (χ1) is 61.2. The predicted molar refractivity (Wildman–Crippen MR) is 463 cm³/mol. The number of carbonyl (C=O) groups excluding carboxylic acids is 18. The number of hydrogen-bond acceptors (Lipinski definition) is 27. The smallest absolute Gasteiger partial charge is 0.303 e. The van der Waals surface area contributed by atoms with E-state index in [1.54, 1.807) is 13.2 Å². The molecule has 46 nitrogen and oxygen atoms in total. The Bertz CT molecular complexity index is 4030. The lowest BCUT2D eigenvalue weighted by molar-refractivity contribution is -0.142. The second kappa shape index (κ2) is 61.3. The van der Waals surface area contributed by atoms with E-state index < -0.39 is 304 Å². The van der Waals surface area contributed by atoms with Crippen LogP contribution in [-0.4, -0.2) is 289 Å². The number of amides is 12. The lowest BCUT2D eigenvalue weighted by Crippen LogP contribution is -2.56. The maximum Gasteiger partial charge on any atom is 0.303 e. The predicted octanol–water partition coefficient (Wildman–Crippen LogP) is -1.98. The molecule has 0 radical (unpaired) electrons. The molecule has 1 saturated heterocycles. The third-order valence-corrected chi connectivity index (χ3v) is 21.8. The van der Waals surface area contributed by atoms with E-state index >= 15 is 0 Å². The van der Waals surface area contributed by atoms with Crippen LogP contribution in [0.25, 0.3) is 0 Å². The zero-order valence-corrected chi connectivity index (χ0v) is 74.9. The van der Waals surface area contributed by atoms with E-state index in [9.17, 15) is 136 Å². The van der Waals surface area contributed by atoms with Gasteiger partial charge in [-0.2, -0.15) is 11.8 Å². The summed E-state index contributed by atoms with van der Waals surface area (Å²) < 4.78 is 5.44. The molecule has 0 unspecified atom stereocenters. The van der Waals surface area contributed by atoms with Crippen LogP contribution in [0.15, 0.2) is 12.2 Å². The van der Waals surface area contributed by atoms with E-state index in [0.29, 0.717) is 32.2 Å². The minimum absolute atomic E-state index is 0.0193. The Labute approximate surface area is 755 Å². The second-order valence-electron chi connectivity index (χ2n) is 32.5. The number of carbonyl (C=O) groups is 23. The van der Waals surface area contributed by atoms with Crippen LogP contribution in [0, 0.1) is 46.3 Å². The topological polar surface area (TPSA) is 756 Å². The maximum absolute atomic E-state index is 14.2. The summed E-state index contributed by atoms with van der Waals surface area (Å²) in [6.45, 7) is 5.92. The number of rotatable bonds is 72. The van der Waals surface area contributed by atoms with Crippen LogP contribution in [0.3, 0.4) is 0 Å². The van der Waals surface area contributed by atoms with Gasteiger partial charge in [0.15, 0.2) is 46.6 Å². The Kier molecular flexibility index (Phi) is 53.7. The number of carboxylic acid groups (broad SMARTS) is 5. The zero-order valence-electron chi connectivity index (χ0n) is 74.1. The largest absolute Gasteiger partial charge is 0.481 e. The normalized spacial score (nSPS) is 15.4. The average Bonchev–Trinajstić information content (AvgIpc) is 1.68. The van der Waals surface area contributed by atoms with Crippen molar-refractivity contribution < 1.29 is 141 Å². The lowest BCUT2D eigenvalue weighted by Gasteiger charge is -2.30. The number of imide groups is 1. The van der Waals surface area contributed by atoms with Crippen molar-refractivity contribution in [3.8, 4) is 0 Å². The molecule has 47 heteroatoms. The van der Waals surface area contributed by atoms with E-state index in [-0.39, 0.29) is 133 Å². The fourth-order valence-electron chi connectivity index (χ4n) is 13.9. The van der Waals surface area contributed by atoms with Gasteiger partial charge in [0.2, 0.25) is 59.1 Å². The molecule has 0 aromatic heterocycles. The van der Waals surface area contributed by atoms with Crippen LogP contribution in [0.4, 0.5) is 0 Å². The first-order valence-electron chi connectivity index (χ1n) is 43.2. The van der Waals surface area contributed by atoms with Crippen LogP contribution in [0.1, 0.15) is 214 Å². The highest BCUT2D eigenvalue weighted by atomic mass is 32.2. The summed E-state index contributed by atoms with van der Waals surface area (Å²) in [6.07, 6.45) is -5.11. The molecule has 12 atom stereocenters. The van der Waals surface area contributed by atoms with Crippen LogP contribution in [0.2, 0.25) is 0 Å². The van der Waals surface area contributed by atoms with Gasteiger partial charge in [-0.05, 0) is 115 Å². The number of nitrogens with two attached hydrogens (primary N) is 3. The summed E-state index contributed by atoms with van der Waals surface area (Å²) in [6, 6.07) is -9.34. The Balaban J connectivity index is 2.09. The van der Waals surface area contributed by atoms with Crippen molar-refractivity contribution in [2.24, 2.45) is 52.7 Å². The van der Waals surface area contributed by atoms with Crippen molar-refractivity contribution >= 4 is 159 Å². The third kappa shape index (κ3) is 47.2. The number of ether oxygens (including phenoxy) is 1. The second-order valence-corrected chi connectivity index (χ2v) is 33.4. The maximum atomic E-state index is 14.2. The van der Waals surface area contributed by atoms with E-state index in [0.717, 1.165) is 17.1 Å². The monoisotopic (exact) mass is 1860 g/mol. The molecular weight excluding hydrogens is 1730 g/mol. The summed E-state index contributed by atoms with van der Waals surface area (Å²) in [5.41, 5.74) is 16.4. The van der Waals surface area contributed by atoms with Crippen molar-refractivity contribution in [3.05, 3.63) is 12.2 Å². The summed E-state index contributed by atoms with van der Waals surface area (Å²) in [7, 11) is 0. The molecule has 726 valence electrons. The van der Waals surface area contributed by atoms with Gasteiger partial charge >= 0.3 is 29.8 Å². The number of aliphatic carboxylic acids is 5. The molecule has 2 heterocycles. The fraction of sp³-hybridized carbons (Fsp3) is 0.675. The number of nitrogens with one attached hydrogen (secondary N) is 12. The molecule has 0 aromatic carbocycles. The van der Waals surface area contributed by atoms with Gasteiger partial charge in [0.1, 0.15) is 24.7 Å². The fourth-order valence-corrected chi connectivity index (χ4v) is 14.5. The number of carboxylic acids is 5. The summed E-state index contributed by atoms with van der Waals surface area (Å²) in [5.74, 6) is -28.0. The van der Waals surface area contributed by atoms with Crippen LogP contribution in [0.5, 0.6) is 0 Å². The van der Waals surface area contributed by atoms with Crippen molar-refractivity contribution in [1.29, 1.82) is 10.8 Å². The van der Waals surface area contributed by atoms with Gasteiger partial charge in [0.25, 0.3) is 11.8 Å². The van der Waals surface area contributed by atoms with Gasteiger partial charge < -0.3 is 106 Å². The van der Waals surface area contributed by atoms with Crippen LogP contribution >= 0.6 is 11.8 Å². The minimum Gasteiger partial charge on any atom is -0.481 e. The molecule has 2 aliphatic rings. The van der Waals surface area contributed by atoms with Gasteiger partial charge in [-0.25, -0.2) is 0 Å². The number of hydrogen-bond donors (Lipinski definition) is 20. The average molecular weight is 1860 g/mol. The first kappa shape index (κ1) is 114. The van der Waals surface area contributed by atoms with Crippen molar-refractivity contribution in [1.82, 2.24) is 63.0 Å². The highest BCUT2D eigenvalue weighted by Gasteiger charge is 2.41. The molecule has 0 saturated carbocycles. The third-order valence-electron chi connectivity index (χ3n) is 21.2. The number of thioether (sulfide) groups is 1. The van der Waals surface area contributed by atoms with E-state index in [1.807, 2.05) is 13.8 Å². The number of nitrogens with zero attached hydrogens (tertiary/aromatic N) is 2. The van der Waals surface area contributed by atoms with Gasteiger partial charge in [0.05, 0.1) is 30.7 Å². The Morgan fingerprint density at radius 2 is 0.931 bits per heavy atom. The number of unbranched alkanes of at least 4 members (excludes halogenated alkanes) is 1. The van der Waals surface area contributed by atoms with E-state index in [4.69, 9.17) is 32.8 Å². The molecule has 0 spiro atoms. The Morgan fingerprint density at radius 1 is 0.454 bits per heavy atom. The number of guanidine groups is 2. The number of likely N-dealkylation sites (tertiary alicyclic amines) is 1. The Morgan fingerprint density at radius 3 is 1.43 bits per heavy atom. The standard InChI is InChI=1S/C83H129N17O29S/c1-46(2)38-58(98-80(127)60-16-10-35-99(60)81(128)57(15-9-34-91-83(87)88)97-76(123)47(3)12-8-33-90-82(85)86)61(103)22-23-66(108)93-59(45-130-5)62(104)39-48(4)75(122)92-43-52(101)13-11-37-129-44-53(102)40-49(17-26-69(111)112)77(124)94-54(20-29-72(117)118)63(105)41-50(18-27-70(113)114)78(125)95-55(21-30-73(119)120)64(106)42-51(19-28-71(115)116)79(126)96-56(74(84)121)14-6-7-32-89-65(107)31-36-100-67(109)24-25-68(100)110/h24-25,46-51,54-60H,6-23,26-45H2,1-5H3,(H2,84,121)(H,89,107)(H,92,122)(H,93,108)(H,94,124)(H,95,125)(H,96,126)(H,97,123)(H,98,127)(H,111,112)(H,113,114)(H,115,116)(H,117,118)(H,119,120)(H4,85,86,90)(H4,87,88,91)/t47-,48-,49+,50+,51+,54-,55-,56-,57-,58+,59+,60+/m1/s1. The van der Waals surface area contributed by atoms with E-state index in [1.165, 1.54) is 23.6 Å². The van der Waals surface area contributed by atoms with Crippen LogP contribution in [-0.2, 0) is 115 Å². The SMILES string of the molecule is CSC[C@H](NC(=O)CCC(=O)[C@H](CC(C)C)NC(=O)[C@@H]1CCCN1C(=O)[C@@H](CCCNC(=N)N)NC(=O)[C@H](C)CCCNC(=N)N)C(=O)C[C@@H](C)C(=O)NCC(=O)CCCOCC(=O)C[C@H](CCC(=O)O)C(=O)N[C@H](CCC(=O)O)C(=O)C[C@H](CCC(=O)O)C(=O)N[C@H](CCC(=O)O)C(=O)C[C@H](CCC(=O)O)C(=O)N[C@H](CCCCNC(=O)CCN1C(=O)C=CC1=O)C(N)=O. The lowest BCUT2D eigenvalue weighted by atomic mass is 9.89. The van der Waals surface area contributed by atoms with Crippen molar-refractivity contribution in [3.63, 3.8) is 0 Å². The van der Waals surface area contributed by atoms with Crippen molar-refractivity contribution in [2.45, 2.75) is 256 Å². The molecule has 23 N–H and O–H groups in total. The number of primary amides is 1. The quantitative estimate of drug-likeness (QED) is 0.0136. The molecule has 2 aliphatic heterocycles. The molecule has 0 aromatic rings. The van der Waals surface area contributed by atoms with Gasteiger partial charge in [-0.15, -0.1) is 0 Å². The van der Waals surface area contributed by atoms with Crippen molar-refractivity contribution in [2.75, 3.05) is 64.5 Å². The highest BCUT2D eigenvalue weighted by Crippen LogP contribution is 2.25. The van der Waals surface area contributed by atoms with E-state index in [2.05, 4.69) is 53.2 Å². The molecule has 12 amide bonds. The van der Waals surface area contributed by atoms with Gasteiger partial charge in [-0.3, -0.25) is 126 Å². The van der Waals surface area contributed by atoms with Crippen LogP contribution < -0.4 is 70.4 Å². The molecule has 0 aliphatic carbocycles. The minimum atomic E-state index is -1.84. The molecule has 1 fully saturated rings. The molecular formula is C83H129N17O29S. The number of ketones is 6. The summed E-state index contributed by atoms with van der Waals surface area (Å²) >= 11 is 1.21. The molecule has 2 rings (SSSR count). The zero-order chi connectivity index (χ0) is 97.9. The highest BCUT2D eigenvalue weighted by molar-refractivity contribution is 7.98.